The van der Waals surface area contributed by atoms with E-state index in [1.807, 2.05) is 55.5 Å². The molecule has 0 aromatic heterocycles. The van der Waals surface area contributed by atoms with E-state index in [9.17, 15) is 4.79 Å². The van der Waals surface area contributed by atoms with E-state index in [-0.39, 0.29) is 11.9 Å². The summed E-state index contributed by atoms with van der Waals surface area (Å²) in [6, 6.07) is 15.2. The normalized spacial score (nSPS) is 12.0. The lowest BCUT2D eigenvalue weighted by Crippen LogP contribution is -2.29. The molecule has 110 valence electrons. The highest BCUT2D eigenvalue weighted by Gasteiger charge is 2.20. The van der Waals surface area contributed by atoms with Gasteiger partial charge in [-0.05, 0) is 36.2 Å². The van der Waals surface area contributed by atoms with Crippen LogP contribution in [0.1, 0.15) is 34.5 Å². The van der Waals surface area contributed by atoms with Gasteiger partial charge in [0, 0.05) is 23.0 Å². The molecule has 0 fully saturated rings. The second-order valence-electron chi connectivity index (χ2n) is 4.94. The lowest BCUT2D eigenvalue weighted by Gasteiger charge is -2.26. The van der Waals surface area contributed by atoms with Crippen LogP contribution in [-0.2, 0) is 5.33 Å². The first-order chi connectivity index (χ1) is 10.0. The maximum atomic E-state index is 12.5. The molecule has 0 aliphatic rings. The van der Waals surface area contributed by atoms with Gasteiger partial charge in [-0.2, -0.15) is 0 Å². The fourth-order valence-electron chi connectivity index (χ4n) is 2.14. The Morgan fingerprint density at radius 3 is 2.38 bits per heavy atom. The van der Waals surface area contributed by atoms with Crippen LogP contribution < -0.4 is 0 Å². The van der Waals surface area contributed by atoms with Gasteiger partial charge < -0.3 is 4.90 Å². The quantitative estimate of drug-likeness (QED) is 0.692. The lowest BCUT2D eigenvalue weighted by atomic mass is 10.1. The predicted molar refractivity (Wildman–Crippen MR) is 91.0 cm³/mol. The number of carbonyl (C=O) groups is 1. The lowest BCUT2D eigenvalue weighted by molar-refractivity contribution is 0.0743. The van der Waals surface area contributed by atoms with Gasteiger partial charge in [-0.3, -0.25) is 4.79 Å². The van der Waals surface area contributed by atoms with Crippen molar-refractivity contribution in [3.63, 3.8) is 0 Å². The van der Waals surface area contributed by atoms with Crippen LogP contribution in [0.3, 0.4) is 0 Å². The summed E-state index contributed by atoms with van der Waals surface area (Å²) in [5.74, 6) is -0.0106. The maximum absolute atomic E-state index is 12.5. The fourth-order valence-corrected chi connectivity index (χ4v) is 2.81. The highest BCUT2D eigenvalue weighted by Crippen LogP contribution is 2.27. The highest BCUT2D eigenvalue weighted by molar-refractivity contribution is 9.08. The van der Waals surface area contributed by atoms with E-state index in [1.54, 1.807) is 11.9 Å². The minimum Gasteiger partial charge on any atom is -0.335 e. The van der Waals surface area contributed by atoms with Crippen LogP contribution in [0, 0.1) is 0 Å². The zero-order valence-electron chi connectivity index (χ0n) is 12.0. The van der Waals surface area contributed by atoms with Crippen molar-refractivity contribution >= 4 is 33.4 Å². The van der Waals surface area contributed by atoms with Crippen molar-refractivity contribution in [2.75, 3.05) is 7.05 Å². The summed E-state index contributed by atoms with van der Waals surface area (Å²) in [7, 11) is 1.80. The first-order valence-electron chi connectivity index (χ1n) is 6.71. The smallest absolute Gasteiger partial charge is 0.254 e. The molecule has 2 rings (SSSR count). The van der Waals surface area contributed by atoms with Crippen molar-refractivity contribution in [2.45, 2.75) is 18.3 Å². The number of amides is 1. The molecule has 1 unspecified atom stereocenters. The molecule has 1 amide bonds. The van der Waals surface area contributed by atoms with Crippen LogP contribution in [0.4, 0.5) is 0 Å². The van der Waals surface area contributed by atoms with Crippen molar-refractivity contribution in [1.82, 2.24) is 4.90 Å². The molecule has 2 nitrogen and oxygen atoms in total. The molecule has 21 heavy (non-hydrogen) atoms. The Hall–Kier alpha value is -1.32. The second kappa shape index (κ2) is 7.10. The third kappa shape index (κ3) is 3.66. The molecule has 0 heterocycles. The van der Waals surface area contributed by atoms with Crippen LogP contribution in [0.2, 0.25) is 5.02 Å². The molecule has 0 N–H and O–H groups in total. The number of alkyl halides is 1. The van der Waals surface area contributed by atoms with Crippen molar-refractivity contribution in [2.24, 2.45) is 0 Å². The number of carbonyl (C=O) groups excluding carboxylic acids is 1. The Morgan fingerprint density at radius 1 is 1.19 bits per heavy atom. The van der Waals surface area contributed by atoms with Crippen molar-refractivity contribution in [3.05, 3.63) is 70.2 Å². The minimum absolute atomic E-state index is 0.0106. The molecular formula is C17H17BrClNO. The summed E-state index contributed by atoms with van der Waals surface area (Å²) < 4.78 is 0. The average Bonchev–Trinajstić information content (AvgIpc) is 2.53. The van der Waals surface area contributed by atoms with E-state index in [2.05, 4.69) is 15.9 Å². The van der Waals surface area contributed by atoms with Crippen LogP contribution in [0.25, 0.3) is 0 Å². The molecule has 0 bridgehead atoms. The third-order valence-electron chi connectivity index (χ3n) is 3.61. The number of benzene rings is 2. The Balaban J connectivity index is 2.20. The van der Waals surface area contributed by atoms with Crippen LogP contribution >= 0.6 is 27.5 Å². The van der Waals surface area contributed by atoms with Gasteiger partial charge in [0.05, 0.1) is 6.04 Å². The maximum Gasteiger partial charge on any atom is 0.254 e. The molecule has 0 radical (unpaired) electrons. The molecular weight excluding hydrogens is 350 g/mol. The Kier molecular flexibility index (Phi) is 5.43. The average molecular weight is 367 g/mol. The molecule has 4 heteroatoms. The molecule has 0 aliphatic carbocycles. The Morgan fingerprint density at radius 2 is 1.81 bits per heavy atom. The SMILES string of the molecule is CC(c1ccccc1Cl)N(C)C(=O)c1ccc(CBr)cc1. The topological polar surface area (TPSA) is 20.3 Å². The Bertz CT molecular complexity index is 627. The zero-order chi connectivity index (χ0) is 15.4. The second-order valence-corrected chi connectivity index (χ2v) is 5.91. The summed E-state index contributed by atoms with van der Waals surface area (Å²) in [5, 5.41) is 1.46. The van der Waals surface area contributed by atoms with Gasteiger partial charge >= 0.3 is 0 Å². The number of nitrogens with zero attached hydrogens (tertiary/aromatic N) is 1. The summed E-state index contributed by atoms with van der Waals surface area (Å²) in [5.41, 5.74) is 2.78. The van der Waals surface area contributed by atoms with E-state index >= 15 is 0 Å². The first-order valence-corrected chi connectivity index (χ1v) is 8.21. The third-order valence-corrected chi connectivity index (χ3v) is 4.60. The van der Waals surface area contributed by atoms with Crippen LogP contribution in [-0.4, -0.2) is 17.9 Å². The molecule has 0 saturated heterocycles. The van der Waals surface area contributed by atoms with Gasteiger partial charge in [0.1, 0.15) is 0 Å². The zero-order valence-corrected chi connectivity index (χ0v) is 14.4. The summed E-state index contributed by atoms with van der Waals surface area (Å²) in [6.07, 6.45) is 0. The molecule has 0 spiro atoms. The monoisotopic (exact) mass is 365 g/mol. The van der Waals surface area contributed by atoms with Crippen molar-refractivity contribution in [1.29, 1.82) is 0 Å². The van der Waals surface area contributed by atoms with Crippen molar-refractivity contribution < 1.29 is 4.79 Å². The standard InChI is InChI=1S/C17H17BrClNO/c1-12(15-5-3-4-6-16(15)19)20(2)17(21)14-9-7-13(11-18)8-10-14/h3-10,12H,11H2,1-2H3. The number of halogens is 2. The molecule has 2 aromatic carbocycles. The van der Waals surface area contributed by atoms with Gasteiger partial charge in [-0.1, -0.05) is 57.9 Å². The van der Waals surface area contributed by atoms with Gasteiger partial charge in [0.25, 0.3) is 5.91 Å². The van der Waals surface area contributed by atoms with Gasteiger partial charge in [0.2, 0.25) is 0 Å². The summed E-state index contributed by atoms with van der Waals surface area (Å²) in [6.45, 7) is 1.98. The highest BCUT2D eigenvalue weighted by atomic mass is 79.9. The fraction of sp³-hybridized carbons (Fsp3) is 0.235. The van der Waals surface area contributed by atoms with Crippen LogP contribution in [0.15, 0.2) is 48.5 Å². The first kappa shape index (κ1) is 16.1. The van der Waals surface area contributed by atoms with Crippen molar-refractivity contribution in [3.8, 4) is 0 Å². The summed E-state index contributed by atoms with van der Waals surface area (Å²) >= 11 is 9.61. The summed E-state index contributed by atoms with van der Waals surface area (Å²) in [4.78, 5) is 14.3. The molecule has 0 aliphatic heterocycles. The predicted octanol–water partition coefficient (Wildman–Crippen LogP) is 5.07. The number of hydrogen-bond acceptors (Lipinski definition) is 1. The van der Waals surface area contributed by atoms with E-state index < -0.39 is 0 Å². The van der Waals surface area contributed by atoms with E-state index in [4.69, 9.17) is 11.6 Å². The van der Waals surface area contributed by atoms with Gasteiger partial charge in [-0.25, -0.2) is 0 Å². The van der Waals surface area contributed by atoms with Gasteiger partial charge in [0.15, 0.2) is 0 Å². The van der Waals surface area contributed by atoms with Crippen LogP contribution in [0.5, 0.6) is 0 Å². The van der Waals surface area contributed by atoms with E-state index in [0.717, 1.165) is 16.5 Å². The number of hydrogen-bond donors (Lipinski definition) is 0. The molecule has 1 atom stereocenters. The van der Waals surface area contributed by atoms with E-state index in [0.29, 0.717) is 10.6 Å². The number of rotatable bonds is 4. The molecule has 0 saturated carbocycles. The molecule has 2 aromatic rings. The van der Waals surface area contributed by atoms with Gasteiger partial charge in [-0.15, -0.1) is 0 Å². The Labute approximate surface area is 138 Å². The minimum atomic E-state index is -0.0814. The largest absolute Gasteiger partial charge is 0.335 e. The van der Waals surface area contributed by atoms with E-state index in [1.165, 1.54) is 0 Å².